The van der Waals surface area contributed by atoms with Crippen molar-refractivity contribution in [3.8, 4) is 22.6 Å². The average molecular weight is 655 g/mol. The van der Waals surface area contributed by atoms with Gasteiger partial charge in [-0.05, 0) is 73.2 Å². The maximum Gasteiger partial charge on any atom is 0.258 e. The second-order valence-corrected chi connectivity index (χ2v) is 13.2. The van der Waals surface area contributed by atoms with Gasteiger partial charge in [0.25, 0.3) is 5.91 Å². The molecule has 0 bridgehead atoms. The molecule has 0 radical (unpaired) electrons. The molecule has 5 heterocycles. The number of benzene rings is 2. The molecule has 1 aliphatic carbocycles. The summed E-state index contributed by atoms with van der Waals surface area (Å²) in [6.07, 6.45) is 11.1. The Balaban J connectivity index is 0.886. The van der Waals surface area contributed by atoms with E-state index in [-0.39, 0.29) is 18.4 Å². The topological polar surface area (TPSA) is 129 Å². The fourth-order valence-corrected chi connectivity index (χ4v) is 6.92. The Bertz CT molecular complexity index is 2040. The minimum absolute atomic E-state index is 0.0538. The van der Waals surface area contributed by atoms with Gasteiger partial charge < -0.3 is 15.0 Å². The van der Waals surface area contributed by atoms with Gasteiger partial charge in [0, 0.05) is 85.7 Å². The van der Waals surface area contributed by atoms with Crippen molar-refractivity contribution in [3.05, 3.63) is 96.6 Å². The number of aromatic nitrogens is 5. The van der Waals surface area contributed by atoms with Gasteiger partial charge in [-0.2, -0.15) is 5.10 Å². The number of pyridine rings is 1. The van der Waals surface area contributed by atoms with Gasteiger partial charge in [0.15, 0.2) is 11.4 Å². The SMILES string of the molecule is CO[C@@]1(C(=O)Nc2ccc3[nH]nc(-c4ccnc(C5CC5)c4)c3c2)CCN(CC(=O)N2CC=C(c3ccc(-c4ncccn4)cc3)CC2)C1. The van der Waals surface area contributed by atoms with Gasteiger partial charge in [0.1, 0.15) is 5.69 Å². The van der Waals surface area contributed by atoms with E-state index in [2.05, 4.69) is 54.7 Å². The number of nitrogens with zero attached hydrogens (tertiary/aromatic N) is 6. The number of ether oxygens (including phenoxy) is 1. The van der Waals surface area contributed by atoms with Gasteiger partial charge in [-0.15, -0.1) is 0 Å². The highest BCUT2D eigenvalue weighted by atomic mass is 16.5. The standard InChI is InChI=1S/C38H38N8O3/c1-49-38(37(48)42-30-9-10-32-31(22-30)35(44-43-32)29-11-17-39-33(21-29)27-5-6-27)14-20-45(24-38)23-34(47)46-18-12-26(13-19-46)25-3-7-28(8-4-25)36-40-15-2-16-41-36/h2-4,7-12,15-17,21-22,27H,5-6,13-14,18-20,23-24H2,1H3,(H,42,48)(H,43,44)/t38-/m0/s1. The number of methoxy groups -OCH3 is 1. The Kier molecular flexibility index (Phi) is 8.22. The van der Waals surface area contributed by atoms with Crippen LogP contribution in [-0.2, 0) is 14.3 Å². The summed E-state index contributed by atoms with van der Waals surface area (Å²) >= 11 is 0. The van der Waals surface area contributed by atoms with Crippen LogP contribution in [0.15, 0.2) is 85.3 Å². The van der Waals surface area contributed by atoms with E-state index < -0.39 is 5.60 Å². The van der Waals surface area contributed by atoms with Crippen LogP contribution in [0.3, 0.4) is 0 Å². The van der Waals surface area contributed by atoms with Crippen LogP contribution in [0.5, 0.6) is 0 Å². The monoisotopic (exact) mass is 654 g/mol. The van der Waals surface area contributed by atoms with E-state index in [1.807, 2.05) is 52.4 Å². The first-order valence-corrected chi connectivity index (χ1v) is 16.9. The Labute approximate surface area is 284 Å². The molecule has 1 saturated carbocycles. The fourth-order valence-electron chi connectivity index (χ4n) is 6.92. The number of rotatable bonds is 9. The normalized spacial score (nSPS) is 19.6. The Hall–Kier alpha value is -5.26. The number of hydrogen-bond acceptors (Lipinski definition) is 8. The molecule has 0 unspecified atom stereocenters. The van der Waals surface area contributed by atoms with Gasteiger partial charge in [-0.25, -0.2) is 9.97 Å². The zero-order valence-electron chi connectivity index (χ0n) is 27.4. The molecule has 5 aromatic rings. The van der Waals surface area contributed by atoms with Crippen LogP contribution in [0.2, 0.25) is 0 Å². The predicted octanol–water partition coefficient (Wildman–Crippen LogP) is 5.30. The van der Waals surface area contributed by atoms with Crippen molar-refractivity contribution < 1.29 is 14.3 Å². The summed E-state index contributed by atoms with van der Waals surface area (Å²) in [5.41, 5.74) is 6.79. The second-order valence-electron chi connectivity index (χ2n) is 13.2. The molecule has 1 saturated heterocycles. The van der Waals surface area contributed by atoms with E-state index in [0.717, 1.165) is 45.4 Å². The number of anilines is 1. The number of likely N-dealkylation sites (tertiary alicyclic amines) is 1. The van der Waals surface area contributed by atoms with Crippen LogP contribution in [-0.4, -0.2) is 92.2 Å². The summed E-state index contributed by atoms with van der Waals surface area (Å²) < 4.78 is 5.88. The lowest BCUT2D eigenvalue weighted by Gasteiger charge is -2.30. The third-order valence-electron chi connectivity index (χ3n) is 9.99. The molecule has 3 aromatic heterocycles. The van der Waals surface area contributed by atoms with Crippen molar-refractivity contribution >= 4 is 34.0 Å². The van der Waals surface area contributed by atoms with Gasteiger partial charge in [-0.1, -0.05) is 30.3 Å². The number of fused-ring (bicyclic) bond motifs is 1. The molecule has 2 aliphatic heterocycles. The lowest BCUT2D eigenvalue weighted by atomic mass is 9.98. The lowest BCUT2D eigenvalue weighted by molar-refractivity contribution is -0.138. The average Bonchev–Trinajstić information content (AvgIpc) is 3.79. The molecule has 2 fully saturated rings. The van der Waals surface area contributed by atoms with Crippen LogP contribution in [0.25, 0.3) is 39.1 Å². The summed E-state index contributed by atoms with van der Waals surface area (Å²) in [7, 11) is 1.57. The van der Waals surface area contributed by atoms with E-state index in [1.54, 1.807) is 25.6 Å². The predicted molar refractivity (Wildman–Crippen MR) is 187 cm³/mol. The first kappa shape index (κ1) is 31.0. The minimum Gasteiger partial charge on any atom is -0.367 e. The molecule has 0 spiro atoms. The number of hydrogen-bond donors (Lipinski definition) is 2. The molecule has 3 aliphatic rings. The van der Waals surface area contributed by atoms with Crippen LogP contribution < -0.4 is 5.32 Å². The molecule has 2 N–H and O–H groups in total. The quantitative estimate of drug-likeness (QED) is 0.219. The van der Waals surface area contributed by atoms with Crippen molar-refractivity contribution in [1.29, 1.82) is 0 Å². The Morgan fingerprint density at radius 1 is 0.959 bits per heavy atom. The van der Waals surface area contributed by atoms with Crippen molar-refractivity contribution in [2.24, 2.45) is 0 Å². The summed E-state index contributed by atoms with van der Waals surface area (Å²) in [6.45, 7) is 2.38. The van der Waals surface area contributed by atoms with E-state index in [1.165, 1.54) is 18.4 Å². The molecular weight excluding hydrogens is 616 g/mol. The molecule has 49 heavy (non-hydrogen) atoms. The summed E-state index contributed by atoms with van der Waals surface area (Å²) in [4.78, 5) is 44.2. The highest BCUT2D eigenvalue weighted by Crippen LogP contribution is 2.40. The molecule has 8 rings (SSSR count). The maximum atomic E-state index is 13.7. The molecule has 11 heteroatoms. The minimum atomic E-state index is -1.05. The maximum absolute atomic E-state index is 13.7. The Morgan fingerprint density at radius 3 is 2.53 bits per heavy atom. The number of aromatic amines is 1. The molecule has 11 nitrogen and oxygen atoms in total. The van der Waals surface area contributed by atoms with Crippen LogP contribution >= 0.6 is 0 Å². The van der Waals surface area contributed by atoms with E-state index in [9.17, 15) is 9.59 Å². The third-order valence-corrected chi connectivity index (χ3v) is 9.99. The number of nitrogens with one attached hydrogen (secondary N) is 2. The van der Waals surface area contributed by atoms with Crippen LogP contribution in [0.4, 0.5) is 5.69 Å². The second kappa shape index (κ2) is 13.0. The molecule has 248 valence electrons. The van der Waals surface area contributed by atoms with Crippen molar-refractivity contribution in [1.82, 2.24) is 34.9 Å². The van der Waals surface area contributed by atoms with Gasteiger partial charge in [0.05, 0.1) is 12.1 Å². The number of carbonyl (C=O) groups excluding carboxylic acids is 2. The third kappa shape index (κ3) is 6.34. The van der Waals surface area contributed by atoms with Crippen molar-refractivity contribution in [2.45, 2.75) is 37.2 Å². The van der Waals surface area contributed by atoms with Gasteiger partial charge in [0.2, 0.25) is 5.91 Å². The molecule has 2 aromatic carbocycles. The van der Waals surface area contributed by atoms with Gasteiger partial charge >= 0.3 is 0 Å². The summed E-state index contributed by atoms with van der Waals surface area (Å²) in [5, 5.41) is 11.7. The van der Waals surface area contributed by atoms with E-state index in [4.69, 9.17) is 4.74 Å². The Morgan fingerprint density at radius 2 is 1.78 bits per heavy atom. The fraction of sp³-hybridized carbons (Fsp3) is 0.316. The molecule has 2 amide bonds. The van der Waals surface area contributed by atoms with Crippen LogP contribution in [0, 0.1) is 0 Å². The molecular formula is C38H38N8O3. The number of H-pyrrole nitrogens is 1. The lowest BCUT2D eigenvalue weighted by Crippen LogP contribution is -2.48. The van der Waals surface area contributed by atoms with E-state index >= 15 is 0 Å². The highest BCUT2D eigenvalue weighted by Gasteiger charge is 2.45. The zero-order chi connectivity index (χ0) is 33.4. The van der Waals surface area contributed by atoms with Gasteiger partial charge in [-0.3, -0.25) is 24.6 Å². The largest absolute Gasteiger partial charge is 0.367 e. The number of carbonyl (C=O) groups is 2. The van der Waals surface area contributed by atoms with Crippen molar-refractivity contribution in [2.75, 3.05) is 45.2 Å². The summed E-state index contributed by atoms with van der Waals surface area (Å²) in [5.74, 6) is 1.08. The zero-order valence-corrected chi connectivity index (χ0v) is 27.4. The molecule has 1 atom stereocenters. The van der Waals surface area contributed by atoms with E-state index in [0.29, 0.717) is 50.0 Å². The first-order valence-electron chi connectivity index (χ1n) is 16.9. The number of amides is 2. The smallest absolute Gasteiger partial charge is 0.258 e. The van der Waals surface area contributed by atoms with Crippen LogP contribution in [0.1, 0.15) is 42.9 Å². The highest BCUT2D eigenvalue weighted by molar-refractivity contribution is 6.01. The first-order chi connectivity index (χ1) is 24.0. The summed E-state index contributed by atoms with van der Waals surface area (Å²) in [6, 6.07) is 19.9. The van der Waals surface area contributed by atoms with Crippen molar-refractivity contribution in [3.63, 3.8) is 0 Å².